The maximum Gasteiger partial charge on any atom is 0.358 e. The van der Waals surface area contributed by atoms with Gasteiger partial charge in [-0.05, 0) is 24.6 Å². The Morgan fingerprint density at radius 2 is 2.11 bits per heavy atom. The Morgan fingerprint density at radius 1 is 1.28 bits per heavy atom. The number of rotatable bonds is 2. The minimum absolute atomic E-state index is 0.137. The number of carboxylic acid groups (broad SMARTS) is 1. The number of nitrogens with zero attached hydrogens (tertiary/aromatic N) is 1. The Labute approximate surface area is 102 Å². The zero-order valence-corrected chi connectivity index (χ0v) is 9.51. The molecule has 2 heterocycles. The molecule has 1 N–H and O–H groups in total. The number of benzene rings is 1. The second kappa shape index (κ2) is 3.73. The summed E-state index contributed by atoms with van der Waals surface area (Å²) in [7, 11) is 0. The average molecular weight is 243 g/mol. The number of aryl methyl sites for hydroxylation is 1. The maximum atomic E-state index is 10.7. The van der Waals surface area contributed by atoms with Gasteiger partial charge in [0.2, 0.25) is 5.76 Å². The zero-order valence-electron chi connectivity index (χ0n) is 9.51. The molecule has 0 fully saturated rings. The minimum atomic E-state index is -1.13. The summed E-state index contributed by atoms with van der Waals surface area (Å²) in [6.45, 7) is 1.98. The number of carbonyl (C=O) groups is 1. The number of aromatic carboxylic acids is 1. The van der Waals surface area contributed by atoms with Crippen molar-refractivity contribution in [3.05, 3.63) is 41.6 Å². The molecule has 5 nitrogen and oxygen atoms in total. The molecule has 3 rings (SSSR count). The first-order valence-corrected chi connectivity index (χ1v) is 5.35. The number of fused-ring (bicyclic) bond motifs is 1. The van der Waals surface area contributed by atoms with Gasteiger partial charge in [-0.15, -0.1) is 0 Å². The molecule has 0 saturated carbocycles. The van der Waals surface area contributed by atoms with Crippen LogP contribution in [0.2, 0.25) is 0 Å². The summed E-state index contributed by atoms with van der Waals surface area (Å²) in [5.41, 5.74) is 1.68. The fourth-order valence-corrected chi connectivity index (χ4v) is 1.82. The van der Waals surface area contributed by atoms with Gasteiger partial charge in [-0.1, -0.05) is 17.3 Å². The van der Waals surface area contributed by atoms with Gasteiger partial charge in [0.25, 0.3) is 0 Å². The van der Waals surface area contributed by atoms with Crippen LogP contribution in [0.5, 0.6) is 0 Å². The first kappa shape index (κ1) is 10.6. The minimum Gasteiger partial charge on any atom is -0.476 e. The number of hydrogen-bond donors (Lipinski definition) is 1. The van der Waals surface area contributed by atoms with Crippen LogP contribution < -0.4 is 0 Å². The van der Waals surface area contributed by atoms with E-state index in [-0.39, 0.29) is 5.69 Å². The van der Waals surface area contributed by atoms with E-state index in [1.807, 2.05) is 31.2 Å². The van der Waals surface area contributed by atoms with Crippen molar-refractivity contribution in [2.45, 2.75) is 6.92 Å². The fourth-order valence-electron chi connectivity index (χ4n) is 1.82. The molecule has 90 valence electrons. The van der Waals surface area contributed by atoms with E-state index in [1.54, 1.807) is 0 Å². The van der Waals surface area contributed by atoms with Crippen molar-refractivity contribution in [3.63, 3.8) is 0 Å². The normalized spacial score (nSPS) is 10.9. The maximum absolute atomic E-state index is 10.7. The third-order valence-electron chi connectivity index (χ3n) is 2.75. The topological polar surface area (TPSA) is 76.5 Å². The largest absolute Gasteiger partial charge is 0.476 e. The highest BCUT2D eigenvalue weighted by atomic mass is 16.5. The van der Waals surface area contributed by atoms with Crippen LogP contribution in [-0.4, -0.2) is 16.2 Å². The molecule has 0 radical (unpaired) electrons. The van der Waals surface area contributed by atoms with Crippen LogP contribution in [0.4, 0.5) is 0 Å². The molecule has 0 unspecified atom stereocenters. The summed E-state index contributed by atoms with van der Waals surface area (Å²) in [6, 6.07) is 8.88. The van der Waals surface area contributed by atoms with Crippen molar-refractivity contribution in [2.24, 2.45) is 0 Å². The van der Waals surface area contributed by atoms with E-state index in [0.29, 0.717) is 11.5 Å². The van der Waals surface area contributed by atoms with Gasteiger partial charge < -0.3 is 14.0 Å². The summed E-state index contributed by atoms with van der Waals surface area (Å²) in [6.07, 6.45) is 0. The lowest BCUT2D eigenvalue weighted by atomic mass is 10.1. The van der Waals surface area contributed by atoms with Crippen LogP contribution in [0.1, 0.15) is 16.1 Å². The monoisotopic (exact) mass is 243 g/mol. The van der Waals surface area contributed by atoms with Crippen molar-refractivity contribution in [2.75, 3.05) is 0 Å². The molecule has 0 spiro atoms. The molecule has 18 heavy (non-hydrogen) atoms. The number of furan rings is 1. The quantitative estimate of drug-likeness (QED) is 0.748. The second-order valence-corrected chi connectivity index (χ2v) is 3.98. The van der Waals surface area contributed by atoms with Gasteiger partial charge in [0.05, 0.1) is 0 Å². The predicted octanol–water partition coefficient (Wildman–Crippen LogP) is 3.09. The Bertz CT molecular complexity index is 738. The second-order valence-electron chi connectivity index (χ2n) is 3.98. The van der Waals surface area contributed by atoms with Crippen molar-refractivity contribution >= 4 is 16.9 Å². The van der Waals surface area contributed by atoms with E-state index >= 15 is 0 Å². The van der Waals surface area contributed by atoms with Crippen LogP contribution in [0.15, 0.2) is 39.3 Å². The molecular weight excluding hydrogens is 234 g/mol. The van der Waals surface area contributed by atoms with Crippen molar-refractivity contribution < 1.29 is 18.8 Å². The van der Waals surface area contributed by atoms with Gasteiger partial charge in [0, 0.05) is 11.5 Å². The Hall–Kier alpha value is -2.56. The first-order valence-electron chi connectivity index (χ1n) is 5.35. The van der Waals surface area contributed by atoms with Crippen molar-refractivity contribution in [1.29, 1.82) is 0 Å². The first-order chi connectivity index (χ1) is 8.65. The lowest BCUT2D eigenvalue weighted by molar-refractivity contribution is 0.0686. The molecule has 1 aromatic carbocycles. The van der Waals surface area contributed by atoms with E-state index in [4.69, 9.17) is 14.0 Å². The van der Waals surface area contributed by atoms with E-state index in [0.717, 1.165) is 16.5 Å². The highest BCUT2D eigenvalue weighted by Gasteiger charge is 2.15. The third kappa shape index (κ3) is 1.57. The van der Waals surface area contributed by atoms with Gasteiger partial charge in [-0.25, -0.2) is 4.79 Å². The van der Waals surface area contributed by atoms with Gasteiger partial charge in [-0.2, -0.15) is 0 Å². The van der Waals surface area contributed by atoms with E-state index in [1.165, 1.54) is 6.07 Å². The molecule has 0 aliphatic rings. The molecule has 5 heteroatoms. The zero-order chi connectivity index (χ0) is 12.7. The Kier molecular flexibility index (Phi) is 2.19. The fraction of sp³-hybridized carbons (Fsp3) is 0.0769. The van der Waals surface area contributed by atoms with Crippen molar-refractivity contribution in [3.8, 4) is 11.5 Å². The molecule has 3 aromatic rings. The molecule has 0 aliphatic heterocycles. The molecular formula is C13H9NO4. The van der Waals surface area contributed by atoms with E-state index in [9.17, 15) is 4.79 Å². The smallest absolute Gasteiger partial charge is 0.358 e. The molecule has 0 aliphatic carbocycles. The molecule has 0 bridgehead atoms. The highest BCUT2D eigenvalue weighted by molar-refractivity contribution is 5.88. The average Bonchev–Trinajstić information content (AvgIpc) is 2.95. The molecule has 2 aromatic heterocycles. The summed E-state index contributed by atoms with van der Waals surface area (Å²) in [4.78, 5) is 10.7. The number of carboxylic acids is 1. The van der Waals surface area contributed by atoms with Gasteiger partial charge in [-0.3, -0.25) is 0 Å². The SMILES string of the molecule is Cc1cccc2oc(-c3cc(C(=O)O)no3)cc12. The highest BCUT2D eigenvalue weighted by Crippen LogP contribution is 2.29. The number of aromatic nitrogens is 1. The standard InChI is InChI=1S/C13H9NO4/c1-7-3-2-4-10-8(7)5-11(17-10)12-6-9(13(15)16)14-18-12/h2-6H,1H3,(H,15,16). The molecule has 0 atom stereocenters. The van der Waals surface area contributed by atoms with Gasteiger partial charge in [0.1, 0.15) is 5.58 Å². The Morgan fingerprint density at radius 3 is 2.78 bits per heavy atom. The van der Waals surface area contributed by atoms with Gasteiger partial charge >= 0.3 is 5.97 Å². The van der Waals surface area contributed by atoms with Crippen molar-refractivity contribution in [1.82, 2.24) is 5.16 Å². The van der Waals surface area contributed by atoms with Gasteiger partial charge in [0.15, 0.2) is 11.5 Å². The van der Waals surface area contributed by atoms with Crippen LogP contribution in [-0.2, 0) is 0 Å². The summed E-state index contributed by atoms with van der Waals surface area (Å²) in [5, 5.41) is 13.2. The van der Waals surface area contributed by atoms with Crippen LogP contribution in [0, 0.1) is 6.92 Å². The summed E-state index contributed by atoms with van der Waals surface area (Å²) < 4.78 is 10.6. The van der Waals surface area contributed by atoms with Crippen LogP contribution in [0.25, 0.3) is 22.5 Å². The predicted molar refractivity (Wildman–Crippen MR) is 63.4 cm³/mol. The van der Waals surface area contributed by atoms with Crippen LogP contribution in [0.3, 0.4) is 0 Å². The summed E-state index contributed by atoms with van der Waals surface area (Å²) in [5.74, 6) is -0.348. The molecule has 0 amide bonds. The molecule has 0 saturated heterocycles. The Balaban J connectivity index is 2.13. The van der Waals surface area contributed by atoms with Crippen LogP contribution >= 0.6 is 0 Å². The number of hydrogen-bond acceptors (Lipinski definition) is 4. The third-order valence-corrected chi connectivity index (χ3v) is 2.75. The lowest BCUT2D eigenvalue weighted by Crippen LogP contribution is -1.94. The summed E-state index contributed by atoms with van der Waals surface area (Å²) >= 11 is 0. The van der Waals surface area contributed by atoms with E-state index < -0.39 is 5.97 Å². The van der Waals surface area contributed by atoms with E-state index in [2.05, 4.69) is 5.16 Å². The lowest BCUT2D eigenvalue weighted by Gasteiger charge is -1.90.